The summed E-state index contributed by atoms with van der Waals surface area (Å²) >= 11 is 7.45. The van der Waals surface area contributed by atoms with Crippen molar-refractivity contribution in [2.45, 2.75) is 64.6 Å². The zero-order chi connectivity index (χ0) is 32.5. The molecule has 11 heteroatoms. The van der Waals surface area contributed by atoms with Crippen LogP contribution in [0.2, 0.25) is 5.02 Å². The van der Waals surface area contributed by atoms with E-state index >= 15 is 0 Å². The molecule has 0 bridgehead atoms. The first-order valence-corrected chi connectivity index (χ1v) is 16.0. The zero-order valence-electron chi connectivity index (χ0n) is 25.6. The van der Waals surface area contributed by atoms with Gasteiger partial charge in [0, 0.05) is 42.6 Å². The van der Waals surface area contributed by atoms with Crippen molar-refractivity contribution < 1.29 is 28.2 Å². The summed E-state index contributed by atoms with van der Waals surface area (Å²) in [6.07, 6.45) is 5.15. The Morgan fingerprint density at radius 1 is 1.02 bits per heavy atom. The Morgan fingerprint density at radius 2 is 1.69 bits per heavy atom. The molecule has 1 saturated carbocycles. The number of ether oxygens (including phenoxy) is 1. The quantitative estimate of drug-likeness (QED) is 0.205. The summed E-state index contributed by atoms with van der Waals surface area (Å²) < 4.78 is 35.2. The molecule has 45 heavy (non-hydrogen) atoms. The lowest BCUT2D eigenvalue weighted by atomic mass is 9.84. The van der Waals surface area contributed by atoms with Gasteiger partial charge in [-0.15, -0.1) is 11.3 Å². The molecule has 1 aliphatic carbocycles. The third-order valence-electron chi connectivity index (χ3n) is 8.51. The van der Waals surface area contributed by atoms with Crippen molar-refractivity contribution in [2.75, 3.05) is 13.7 Å². The largest absolute Gasteiger partial charge is 0.496 e. The molecule has 0 atom stereocenters. The van der Waals surface area contributed by atoms with Crippen LogP contribution in [0.4, 0.5) is 13.6 Å². The average Bonchev–Trinajstić information content (AvgIpc) is 3.38. The third kappa shape index (κ3) is 6.92. The highest BCUT2D eigenvalue weighted by Gasteiger charge is 2.35. The zero-order valence-corrected chi connectivity index (χ0v) is 27.2. The number of carboxylic acid groups (broad SMARTS) is 1. The van der Waals surface area contributed by atoms with Crippen LogP contribution in [0.15, 0.2) is 54.9 Å². The minimum Gasteiger partial charge on any atom is -0.496 e. The van der Waals surface area contributed by atoms with E-state index in [1.165, 1.54) is 4.90 Å². The van der Waals surface area contributed by atoms with Crippen LogP contribution >= 0.6 is 22.9 Å². The highest BCUT2D eigenvalue weighted by Crippen LogP contribution is 2.41. The van der Waals surface area contributed by atoms with Gasteiger partial charge in [-0.05, 0) is 99.9 Å². The maximum Gasteiger partial charge on any atom is 0.407 e. The molecule has 5 rings (SSSR count). The highest BCUT2D eigenvalue weighted by atomic mass is 35.5. The van der Waals surface area contributed by atoms with Crippen LogP contribution in [0.3, 0.4) is 0 Å². The second-order valence-electron chi connectivity index (χ2n) is 12.4. The van der Waals surface area contributed by atoms with E-state index in [-0.39, 0.29) is 38.5 Å². The number of halogens is 3. The number of amides is 2. The number of hydrogen-bond donors (Lipinski definition) is 1. The molecule has 0 radical (unpaired) electrons. The first-order chi connectivity index (χ1) is 21.4. The minimum absolute atomic E-state index is 0.000200. The fourth-order valence-electron chi connectivity index (χ4n) is 6.08. The van der Waals surface area contributed by atoms with Gasteiger partial charge in [-0.25, -0.2) is 13.6 Å². The molecule has 2 amide bonds. The van der Waals surface area contributed by atoms with Crippen LogP contribution in [0.5, 0.6) is 5.75 Å². The van der Waals surface area contributed by atoms with Crippen molar-refractivity contribution in [3.05, 3.63) is 82.0 Å². The van der Waals surface area contributed by atoms with Gasteiger partial charge >= 0.3 is 6.09 Å². The molecule has 238 valence electrons. The second kappa shape index (κ2) is 13.3. The highest BCUT2D eigenvalue weighted by molar-refractivity contribution is 7.21. The molecule has 0 unspecified atom stereocenters. The van der Waals surface area contributed by atoms with Gasteiger partial charge < -0.3 is 19.6 Å². The van der Waals surface area contributed by atoms with E-state index in [0.29, 0.717) is 38.0 Å². The lowest BCUT2D eigenvalue weighted by Crippen LogP contribution is -2.48. The van der Waals surface area contributed by atoms with E-state index < -0.39 is 29.2 Å². The van der Waals surface area contributed by atoms with Crippen molar-refractivity contribution in [2.24, 2.45) is 5.92 Å². The van der Waals surface area contributed by atoms with E-state index in [1.807, 2.05) is 51.1 Å². The first kappa shape index (κ1) is 32.6. The number of hydrogen-bond acceptors (Lipinski definition) is 5. The van der Waals surface area contributed by atoms with Crippen LogP contribution < -0.4 is 4.74 Å². The molecular weight excluding hydrogens is 620 g/mol. The lowest BCUT2D eigenvalue weighted by molar-refractivity contribution is 0.0535. The predicted octanol–water partition coefficient (Wildman–Crippen LogP) is 8.88. The van der Waals surface area contributed by atoms with Crippen LogP contribution in [-0.2, 0) is 6.54 Å². The Morgan fingerprint density at radius 3 is 2.29 bits per heavy atom. The monoisotopic (exact) mass is 655 g/mol. The van der Waals surface area contributed by atoms with Gasteiger partial charge in [0.15, 0.2) is 0 Å². The third-order valence-corrected chi connectivity index (χ3v) is 10.2. The van der Waals surface area contributed by atoms with Crippen molar-refractivity contribution in [1.29, 1.82) is 0 Å². The number of carbonyl (C=O) groups excluding carboxylic acids is 1. The number of carbonyl (C=O) groups is 2. The Balaban J connectivity index is 1.49. The van der Waals surface area contributed by atoms with Crippen molar-refractivity contribution in [3.8, 4) is 16.9 Å². The average molecular weight is 656 g/mol. The van der Waals surface area contributed by atoms with Gasteiger partial charge in [0.1, 0.15) is 22.3 Å². The van der Waals surface area contributed by atoms with Gasteiger partial charge in [-0.2, -0.15) is 0 Å². The van der Waals surface area contributed by atoms with E-state index in [1.54, 1.807) is 24.4 Å². The molecule has 4 aromatic rings. The number of thiophene rings is 1. The lowest BCUT2D eigenvalue weighted by Gasteiger charge is -2.40. The van der Waals surface area contributed by atoms with Crippen molar-refractivity contribution >= 4 is 45.0 Å². The van der Waals surface area contributed by atoms with Crippen LogP contribution in [0.25, 0.3) is 21.2 Å². The SMILES string of the molecule is COc1ccc(-c2ccncc2)cc1CN(C(=O)c1sc2c(F)ccc(F)c2c1Cl)C1CCC(CN(C(=O)O)C(C)(C)C)CC1. The van der Waals surface area contributed by atoms with Crippen molar-refractivity contribution in [1.82, 2.24) is 14.8 Å². The van der Waals surface area contributed by atoms with E-state index in [9.17, 15) is 23.5 Å². The van der Waals surface area contributed by atoms with E-state index in [2.05, 4.69) is 4.98 Å². The molecule has 7 nitrogen and oxygen atoms in total. The molecule has 1 fully saturated rings. The smallest absolute Gasteiger partial charge is 0.407 e. The molecule has 1 aliphatic rings. The predicted molar refractivity (Wildman–Crippen MR) is 173 cm³/mol. The summed E-state index contributed by atoms with van der Waals surface area (Å²) in [5, 5.41) is 9.62. The Hall–Kier alpha value is -3.76. The van der Waals surface area contributed by atoms with Crippen LogP contribution in [0.1, 0.15) is 61.7 Å². The van der Waals surface area contributed by atoms with Crippen LogP contribution in [0, 0.1) is 17.6 Å². The Bertz CT molecular complexity index is 1700. The topological polar surface area (TPSA) is 83.0 Å². The molecule has 2 heterocycles. The van der Waals surface area contributed by atoms with Gasteiger partial charge in [-0.3, -0.25) is 9.78 Å². The number of benzene rings is 2. The Kier molecular flexibility index (Phi) is 9.65. The number of pyridine rings is 1. The fourth-order valence-corrected chi connectivity index (χ4v) is 7.58. The molecule has 0 aliphatic heterocycles. The summed E-state index contributed by atoms with van der Waals surface area (Å²) in [5.74, 6) is -1.01. The molecule has 0 spiro atoms. The number of methoxy groups -OCH3 is 1. The maximum atomic E-state index is 14.8. The molecule has 1 N–H and O–H groups in total. The molecular formula is C34H36ClF2N3O4S. The fraction of sp³-hybridized carbons (Fsp3) is 0.382. The van der Waals surface area contributed by atoms with Gasteiger partial charge in [0.2, 0.25) is 0 Å². The van der Waals surface area contributed by atoms with Gasteiger partial charge in [0.05, 0.1) is 22.2 Å². The summed E-state index contributed by atoms with van der Waals surface area (Å²) in [7, 11) is 1.57. The first-order valence-electron chi connectivity index (χ1n) is 14.8. The number of rotatable bonds is 8. The van der Waals surface area contributed by atoms with Gasteiger partial charge in [-0.1, -0.05) is 17.7 Å². The van der Waals surface area contributed by atoms with E-state index in [0.717, 1.165) is 40.2 Å². The Labute approximate surface area is 270 Å². The standard InChI is InChI=1S/C34H36ClF2N3O4S/c1-34(2,3)40(33(42)43)18-20-5-8-24(9-6-20)39(32(41)31-29(35)28-25(36)10-11-26(37)30(28)45-31)19-23-17-22(7-12-27(23)44-4)21-13-15-38-16-14-21/h7,10-17,20,24H,5-6,8-9,18-19H2,1-4H3,(H,42,43). The summed E-state index contributed by atoms with van der Waals surface area (Å²) in [6.45, 7) is 6.21. The second-order valence-corrected chi connectivity index (χ2v) is 13.8. The minimum atomic E-state index is -0.957. The van der Waals surface area contributed by atoms with Crippen LogP contribution in [-0.4, -0.2) is 57.1 Å². The van der Waals surface area contributed by atoms with E-state index in [4.69, 9.17) is 16.3 Å². The summed E-state index contributed by atoms with van der Waals surface area (Å²) in [5.41, 5.74) is 2.10. The number of nitrogens with zero attached hydrogens (tertiary/aromatic N) is 3. The van der Waals surface area contributed by atoms with Gasteiger partial charge in [0.25, 0.3) is 5.91 Å². The maximum absolute atomic E-state index is 14.8. The molecule has 2 aromatic heterocycles. The number of fused-ring (bicyclic) bond motifs is 1. The summed E-state index contributed by atoms with van der Waals surface area (Å²) in [4.78, 5) is 33.7. The summed E-state index contributed by atoms with van der Waals surface area (Å²) in [6, 6.07) is 11.4. The molecule has 0 saturated heterocycles. The van der Waals surface area contributed by atoms with Crippen molar-refractivity contribution in [3.63, 3.8) is 0 Å². The molecule has 2 aromatic carbocycles. The normalized spacial score (nSPS) is 16.9. The number of aromatic nitrogens is 1.